The second-order valence-corrected chi connectivity index (χ2v) is 5.72. The summed E-state index contributed by atoms with van der Waals surface area (Å²) in [6.07, 6.45) is 3.77. The lowest BCUT2D eigenvalue weighted by molar-refractivity contribution is 0.381. The zero-order valence-electron chi connectivity index (χ0n) is 12.4. The number of hydrogen-bond acceptors (Lipinski definition) is 6. The van der Waals surface area contributed by atoms with Crippen LogP contribution in [0.15, 0.2) is 24.5 Å². The summed E-state index contributed by atoms with van der Waals surface area (Å²) in [6.45, 7) is 5.83. The highest BCUT2D eigenvalue weighted by Gasteiger charge is 2.27. The normalized spacial score (nSPS) is 15.4. The smallest absolute Gasteiger partial charge is 0.178 e. The van der Waals surface area contributed by atoms with Crippen molar-refractivity contribution >= 4 is 11.5 Å². The first-order valence-electron chi connectivity index (χ1n) is 7.42. The molecule has 0 unspecified atom stereocenters. The van der Waals surface area contributed by atoms with Crippen molar-refractivity contribution in [3.05, 3.63) is 35.9 Å². The van der Waals surface area contributed by atoms with Gasteiger partial charge in [0.25, 0.3) is 0 Å². The molecule has 1 aliphatic heterocycles. The molecule has 1 aliphatic rings. The lowest BCUT2D eigenvalue weighted by Gasteiger charge is -2.40. The second-order valence-electron chi connectivity index (χ2n) is 5.72. The molecule has 2 N–H and O–H groups in total. The maximum Gasteiger partial charge on any atom is 0.178 e. The Bertz CT molecular complexity index is 756. The van der Waals surface area contributed by atoms with Crippen molar-refractivity contribution < 1.29 is 0 Å². The standard InChI is InChI=1S/C14H18N8/c1-10-18-19-13-2-3-14(20-22(10)13)21-8-12(9-21)5-15-4-11-6-16-17-7-11/h2-3,6-7,12,15H,4-5,8-9H2,1H3,(H,16,17). The van der Waals surface area contributed by atoms with Crippen molar-refractivity contribution in [2.24, 2.45) is 5.92 Å². The van der Waals surface area contributed by atoms with Gasteiger partial charge in [-0.15, -0.1) is 15.3 Å². The number of nitrogens with one attached hydrogen (secondary N) is 2. The van der Waals surface area contributed by atoms with Gasteiger partial charge in [0.1, 0.15) is 5.82 Å². The van der Waals surface area contributed by atoms with E-state index in [1.165, 1.54) is 5.56 Å². The van der Waals surface area contributed by atoms with Gasteiger partial charge in [0, 0.05) is 43.9 Å². The minimum atomic E-state index is 0.659. The molecule has 0 atom stereocenters. The highest BCUT2D eigenvalue weighted by Crippen LogP contribution is 2.22. The maximum atomic E-state index is 4.60. The van der Waals surface area contributed by atoms with Gasteiger partial charge in [-0.2, -0.15) is 9.61 Å². The van der Waals surface area contributed by atoms with Gasteiger partial charge in [-0.05, 0) is 19.1 Å². The van der Waals surface area contributed by atoms with Crippen LogP contribution in [0.25, 0.3) is 5.65 Å². The summed E-state index contributed by atoms with van der Waals surface area (Å²) in [5, 5.41) is 22.9. The average molecular weight is 298 g/mol. The lowest BCUT2D eigenvalue weighted by Crippen LogP contribution is -2.51. The Hall–Kier alpha value is -2.48. The molecule has 1 fully saturated rings. The Kier molecular flexibility index (Phi) is 3.23. The molecule has 3 aromatic rings. The van der Waals surface area contributed by atoms with E-state index >= 15 is 0 Å². The fourth-order valence-corrected chi connectivity index (χ4v) is 2.74. The van der Waals surface area contributed by atoms with Crippen LogP contribution >= 0.6 is 0 Å². The Morgan fingerprint density at radius 2 is 2.23 bits per heavy atom. The number of H-pyrrole nitrogens is 1. The number of hydrogen-bond donors (Lipinski definition) is 2. The molecule has 3 aromatic heterocycles. The van der Waals surface area contributed by atoms with Gasteiger partial charge < -0.3 is 10.2 Å². The van der Waals surface area contributed by atoms with Crippen LogP contribution in [0.3, 0.4) is 0 Å². The third-order valence-corrected chi connectivity index (χ3v) is 4.00. The summed E-state index contributed by atoms with van der Waals surface area (Å²) in [6, 6.07) is 3.98. The Labute approximate surface area is 127 Å². The monoisotopic (exact) mass is 298 g/mol. The fraction of sp³-hybridized carbons (Fsp3) is 0.429. The van der Waals surface area contributed by atoms with Gasteiger partial charge in [0.15, 0.2) is 11.5 Å². The molecular weight excluding hydrogens is 280 g/mol. The van der Waals surface area contributed by atoms with Crippen molar-refractivity contribution in [3.8, 4) is 0 Å². The van der Waals surface area contributed by atoms with Crippen LogP contribution < -0.4 is 10.2 Å². The minimum Gasteiger partial charge on any atom is -0.354 e. The molecule has 0 aromatic carbocycles. The Balaban J connectivity index is 1.31. The van der Waals surface area contributed by atoms with Crippen LogP contribution in [0.4, 0.5) is 5.82 Å². The molecule has 4 rings (SSSR count). The maximum absolute atomic E-state index is 4.60. The first-order chi connectivity index (χ1) is 10.8. The summed E-state index contributed by atoms with van der Waals surface area (Å²) in [7, 11) is 0. The van der Waals surface area contributed by atoms with E-state index in [1.807, 2.05) is 31.5 Å². The van der Waals surface area contributed by atoms with Crippen LogP contribution in [0.2, 0.25) is 0 Å². The fourth-order valence-electron chi connectivity index (χ4n) is 2.74. The van der Waals surface area contributed by atoms with Crippen LogP contribution in [0.1, 0.15) is 11.4 Å². The second kappa shape index (κ2) is 5.38. The van der Waals surface area contributed by atoms with Crippen molar-refractivity contribution in [1.29, 1.82) is 0 Å². The van der Waals surface area contributed by atoms with Crippen molar-refractivity contribution in [1.82, 2.24) is 35.3 Å². The van der Waals surface area contributed by atoms with E-state index in [0.717, 1.165) is 43.5 Å². The van der Waals surface area contributed by atoms with Crippen molar-refractivity contribution in [3.63, 3.8) is 0 Å². The van der Waals surface area contributed by atoms with Crippen LogP contribution in [-0.2, 0) is 6.54 Å². The molecule has 8 nitrogen and oxygen atoms in total. The SMILES string of the molecule is Cc1nnc2ccc(N3CC(CNCc4cn[nH]c4)C3)nn12. The number of rotatable bonds is 5. The number of aromatic nitrogens is 6. The van der Waals surface area contributed by atoms with Crippen LogP contribution in [0.5, 0.6) is 0 Å². The van der Waals surface area contributed by atoms with Gasteiger partial charge >= 0.3 is 0 Å². The molecular formula is C14H18N8. The topological polar surface area (TPSA) is 87.0 Å². The molecule has 0 amide bonds. The lowest BCUT2D eigenvalue weighted by atomic mass is 10.0. The molecule has 0 bridgehead atoms. The largest absolute Gasteiger partial charge is 0.354 e. The molecule has 0 spiro atoms. The Morgan fingerprint density at radius 1 is 1.32 bits per heavy atom. The molecule has 4 heterocycles. The van der Waals surface area contributed by atoms with E-state index in [4.69, 9.17) is 0 Å². The number of aryl methyl sites for hydroxylation is 1. The van der Waals surface area contributed by atoms with E-state index in [-0.39, 0.29) is 0 Å². The molecule has 0 saturated carbocycles. The van der Waals surface area contributed by atoms with E-state index < -0.39 is 0 Å². The van der Waals surface area contributed by atoms with Crippen molar-refractivity contribution in [2.75, 3.05) is 24.5 Å². The number of nitrogens with zero attached hydrogens (tertiary/aromatic N) is 6. The van der Waals surface area contributed by atoms with Gasteiger partial charge in [-0.3, -0.25) is 5.10 Å². The minimum absolute atomic E-state index is 0.659. The molecule has 0 radical (unpaired) electrons. The predicted octanol–water partition coefficient (Wildman–Crippen LogP) is 0.382. The molecule has 0 aliphatic carbocycles. The molecule has 22 heavy (non-hydrogen) atoms. The molecule has 114 valence electrons. The summed E-state index contributed by atoms with van der Waals surface area (Å²) < 4.78 is 1.79. The molecule has 8 heteroatoms. The number of fused-ring (bicyclic) bond motifs is 1. The number of aromatic amines is 1. The first kappa shape index (κ1) is 13.2. The zero-order chi connectivity index (χ0) is 14.9. The summed E-state index contributed by atoms with van der Waals surface area (Å²) in [5.74, 6) is 2.46. The van der Waals surface area contributed by atoms with E-state index in [9.17, 15) is 0 Å². The van der Waals surface area contributed by atoms with Crippen LogP contribution in [0, 0.1) is 12.8 Å². The van der Waals surface area contributed by atoms with Gasteiger partial charge in [-0.1, -0.05) is 0 Å². The Morgan fingerprint density at radius 3 is 3.05 bits per heavy atom. The molecule has 1 saturated heterocycles. The van der Waals surface area contributed by atoms with Crippen molar-refractivity contribution in [2.45, 2.75) is 13.5 Å². The third-order valence-electron chi connectivity index (χ3n) is 4.00. The first-order valence-corrected chi connectivity index (χ1v) is 7.42. The summed E-state index contributed by atoms with van der Waals surface area (Å²) >= 11 is 0. The average Bonchev–Trinajstić information content (AvgIpc) is 3.12. The summed E-state index contributed by atoms with van der Waals surface area (Å²) in [5.41, 5.74) is 1.98. The highest BCUT2D eigenvalue weighted by atomic mass is 15.4. The zero-order valence-corrected chi connectivity index (χ0v) is 12.4. The van der Waals surface area contributed by atoms with E-state index in [0.29, 0.717) is 5.92 Å². The van der Waals surface area contributed by atoms with Gasteiger partial charge in [-0.25, -0.2) is 0 Å². The van der Waals surface area contributed by atoms with E-state index in [1.54, 1.807) is 4.52 Å². The quantitative estimate of drug-likeness (QED) is 0.708. The van der Waals surface area contributed by atoms with E-state index in [2.05, 4.69) is 35.7 Å². The predicted molar refractivity (Wildman–Crippen MR) is 81.5 cm³/mol. The summed E-state index contributed by atoms with van der Waals surface area (Å²) in [4.78, 5) is 2.28. The third kappa shape index (κ3) is 2.41. The van der Waals surface area contributed by atoms with Gasteiger partial charge in [0.2, 0.25) is 0 Å². The highest BCUT2D eigenvalue weighted by molar-refractivity contribution is 5.47. The van der Waals surface area contributed by atoms with Crippen LogP contribution in [-0.4, -0.2) is 49.6 Å². The van der Waals surface area contributed by atoms with Gasteiger partial charge in [0.05, 0.1) is 6.20 Å². The number of anilines is 1.